The molecular weight excluding hydrogens is 366 g/mol. The maximum absolute atomic E-state index is 11.4. The molecule has 0 saturated carbocycles. The first kappa shape index (κ1) is 18.4. The average molecular weight is 381 g/mol. The molecule has 0 aliphatic rings. The van der Waals surface area contributed by atoms with Crippen molar-refractivity contribution in [3.05, 3.63) is 78.9 Å². The van der Waals surface area contributed by atoms with Gasteiger partial charge in [0.1, 0.15) is 22.0 Å². The van der Waals surface area contributed by atoms with Crippen LogP contribution >= 0.6 is 0 Å². The molecule has 2 N–H and O–H groups in total. The van der Waals surface area contributed by atoms with Gasteiger partial charge in [-0.2, -0.15) is 8.42 Å². The van der Waals surface area contributed by atoms with Crippen LogP contribution < -0.4 is 5.43 Å². The van der Waals surface area contributed by atoms with E-state index in [1.165, 1.54) is 18.2 Å². The third-order valence-electron chi connectivity index (χ3n) is 3.40. The summed E-state index contributed by atoms with van der Waals surface area (Å²) in [6.07, 6.45) is 0. The Balaban J connectivity index is 1.84. The molecule has 0 bridgehead atoms. The maximum atomic E-state index is 11.4. The van der Waals surface area contributed by atoms with Gasteiger partial charge in [0, 0.05) is 0 Å². The van der Waals surface area contributed by atoms with Crippen molar-refractivity contribution in [2.24, 2.45) is 20.6 Å². The van der Waals surface area contributed by atoms with Gasteiger partial charge in [0.2, 0.25) is 0 Å². The van der Waals surface area contributed by atoms with Crippen LogP contribution in [0.5, 0.6) is 0 Å². The first-order chi connectivity index (χ1) is 13.0. The van der Waals surface area contributed by atoms with Gasteiger partial charge >= 0.3 is 0 Å². The zero-order valence-electron chi connectivity index (χ0n) is 14.0. The topological polar surface area (TPSA) is 116 Å². The van der Waals surface area contributed by atoms with Gasteiger partial charge in [-0.25, -0.2) is 0 Å². The molecule has 0 aliphatic carbocycles. The lowest BCUT2D eigenvalue weighted by molar-refractivity contribution is 0.483. The number of nitrogens with one attached hydrogen (secondary N) is 1. The van der Waals surface area contributed by atoms with Crippen molar-refractivity contribution in [1.29, 1.82) is 0 Å². The number of hydrogen-bond acceptors (Lipinski definition) is 6. The molecule has 0 radical (unpaired) electrons. The summed E-state index contributed by atoms with van der Waals surface area (Å²) in [6.45, 7) is 0. The molecular formula is C18H15N5O3S. The van der Waals surface area contributed by atoms with Crippen molar-refractivity contribution in [3.8, 4) is 0 Å². The molecule has 0 aromatic heterocycles. The lowest BCUT2D eigenvalue weighted by Gasteiger charge is -2.02. The second-order valence-corrected chi connectivity index (χ2v) is 6.70. The number of rotatable bonds is 6. The van der Waals surface area contributed by atoms with Crippen molar-refractivity contribution in [2.45, 2.75) is 4.90 Å². The van der Waals surface area contributed by atoms with Crippen LogP contribution in [-0.4, -0.2) is 13.0 Å². The quantitative estimate of drug-likeness (QED) is 0.335. The van der Waals surface area contributed by atoms with Gasteiger partial charge < -0.3 is 0 Å². The van der Waals surface area contributed by atoms with Gasteiger partial charge in [0.05, 0.1) is 5.69 Å². The highest BCUT2D eigenvalue weighted by Crippen LogP contribution is 2.31. The number of azo groups is 1. The van der Waals surface area contributed by atoms with E-state index in [0.717, 1.165) is 5.69 Å². The molecule has 0 heterocycles. The van der Waals surface area contributed by atoms with Crippen LogP contribution in [0.15, 0.2) is 104 Å². The molecule has 136 valence electrons. The monoisotopic (exact) mass is 381 g/mol. The van der Waals surface area contributed by atoms with Crippen LogP contribution in [0.2, 0.25) is 0 Å². The van der Waals surface area contributed by atoms with Crippen LogP contribution in [-0.2, 0) is 10.1 Å². The SMILES string of the molecule is O=S(=O)(O)c1ccccc1N=Nc1ccccc1N=NNc1ccccc1. The molecule has 3 aromatic carbocycles. The largest absolute Gasteiger partial charge is 0.296 e. The first-order valence-corrected chi connectivity index (χ1v) is 9.27. The van der Waals surface area contributed by atoms with E-state index in [0.29, 0.717) is 11.4 Å². The minimum atomic E-state index is -4.40. The highest BCUT2D eigenvalue weighted by molar-refractivity contribution is 7.86. The predicted octanol–water partition coefficient (Wildman–Crippen LogP) is 5.46. The molecule has 0 amide bonds. The Morgan fingerprint density at radius 2 is 1.19 bits per heavy atom. The first-order valence-electron chi connectivity index (χ1n) is 7.83. The molecule has 27 heavy (non-hydrogen) atoms. The summed E-state index contributed by atoms with van der Waals surface area (Å²) >= 11 is 0. The lowest BCUT2D eigenvalue weighted by Crippen LogP contribution is -1.97. The van der Waals surface area contributed by atoms with Crippen LogP contribution in [0.3, 0.4) is 0 Å². The standard InChI is InChI=1S/C18H15N5O3S/c24-27(25,26)18-13-7-6-12-17(18)21-20-15-10-4-5-11-16(15)22-23-19-14-8-2-1-3-9-14/h1-13H,(H,19,22)(H,24,25,26). The van der Waals surface area contributed by atoms with Crippen LogP contribution in [0, 0.1) is 0 Å². The van der Waals surface area contributed by atoms with Gasteiger partial charge in [-0.05, 0) is 36.4 Å². The molecule has 3 aromatic rings. The summed E-state index contributed by atoms with van der Waals surface area (Å²) in [5, 5.41) is 16.0. The number of hydrogen-bond donors (Lipinski definition) is 2. The number of anilines is 1. The highest BCUT2D eigenvalue weighted by Gasteiger charge is 2.14. The number of benzene rings is 3. The lowest BCUT2D eigenvalue weighted by atomic mass is 10.3. The van der Waals surface area contributed by atoms with Crippen molar-refractivity contribution >= 4 is 32.9 Å². The van der Waals surface area contributed by atoms with Crippen molar-refractivity contribution in [1.82, 2.24) is 0 Å². The van der Waals surface area contributed by atoms with Gasteiger partial charge in [-0.1, -0.05) is 47.7 Å². The van der Waals surface area contributed by atoms with E-state index in [1.807, 2.05) is 30.3 Å². The summed E-state index contributed by atoms with van der Waals surface area (Å²) in [5.74, 6) is 0. The van der Waals surface area contributed by atoms with E-state index in [2.05, 4.69) is 26.0 Å². The minimum absolute atomic E-state index is 0.0224. The molecule has 0 fully saturated rings. The molecule has 3 rings (SSSR count). The Morgan fingerprint density at radius 1 is 0.667 bits per heavy atom. The second-order valence-electron chi connectivity index (χ2n) is 5.31. The normalized spacial score (nSPS) is 11.9. The van der Waals surface area contributed by atoms with Crippen LogP contribution in [0.25, 0.3) is 0 Å². The molecule has 0 saturated heterocycles. The van der Waals surface area contributed by atoms with Gasteiger partial charge in [-0.15, -0.1) is 15.3 Å². The zero-order chi connectivity index (χ0) is 19.1. The average Bonchev–Trinajstić information content (AvgIpc) is 2.67. The summed E-state index contributed by atoms with van der Waals surface area (Å²) in [6, 6.07) is 21.9. The number of para-hydroxylation sites is 1. The van der Waals surface area contributed by atoms with E-state index in [1.54, 1.807) is 30.3 Å². The Kier molecular flexibility index (Phi) is 5.64. The smallest absolute Gasteiger partial charge is 0.282 e. The maximum Gasteiger partial charge on any atom is 0.296 e. The van der Waals surface area contributed by atoms with E-state index >= 15 is 0 Å². The molecule has 9 heteroatoms. The molecule has 0 unspecified atom stereocenters. The summed E-state index contributed by atoms with van der Waals surface area (Å²) in [7, 11) is -4.40. The Labute approximate surface area is 156 Å². The molecule has 8 nitrogen and oxygen atoms in total. The fraction of sp³-hybridized carbons (Fsp3) is 0. The van der Waals surface area contributed by atoms with Gasteiger partial charge in [0.25, 0.3) is 10.1 Å². The van der Waals surface area contributed by atoms with Crippen LogP contribution in [0.1, 0.15) is 0 Å². The fourth-order valence-corrected chi connectivity index (χ4v) is 2.77. The highest BCUT2D eigenvalue weighted by atomic mass is 32.2. The van der Waals surface area contributed by atoms with Crippen molar-refractivity contribution in [2.75, 3.05) is 5.43 Å². The third kappa shape index (κ3) is 5.03. The third-order valence-corrected chi connectivity index (χ3v) is 4.30. The molecule has 0 atom stereocenters. The minimum Gasteiger partial charge on any atom is -0.282 e. The summed E-state index contributed by atoms with van der Waals surface area (Å²) in [5.41, 5.74) is 4.43. The van der Waals surface area contributed by atoms with Crippen molar-refractivity contribution < 1.29 is 13.0 Å². The van der Waals surface area contributed by atoms with E-state index in [9.17, 15) is 13.0 Å². The zero-order valence-corrected chi connectivity index (χ0v) is 14.8. The van der Waals surface area contributed by atoms with Crippen LogP contribution in [0.4, 0.5) is 22.7 Å². The van der Waals surface area contributed by atoms with Gasteiger partial charge in [0.15, 0.2) is 0 Å². The number of nitrogens with zero attached hydrogens (tertiary/aromatic N) is 4. The Morgan fingerprint density at radius 3 is 1.85 bits per heavy atom. The van der Waals surface area contributed by atoms with Crippen molar-refractivity contribution in [3.63, 3.8) is 0 Å². The van der Waals surface area contributed by atoms with Gasteiger partial charge in [-0.3, -0.25) is 9.98 Å². The predicted molar refractivity (Wildman–Crippen MR) is 101 cm³/mol. The summed E-state index contributed by atoms with van der Waals surface area (Å²) < 4.78 is 32.1. The van der Waals surface area contributed by atoms with E-state index in [-0.39, 0.29) is 10.6 Å². The Hall–Kier alpha value is -3.43. The molecule has 0 aliphatic heterocycles. The fourth-order valence-electron chi connectivity index (χ4n) is 2.15. The molecule has 0 spiro atoms. The Bertz CT molecular complexity index is 1080. The second kappa shape index (κ2) is 8.30. The summed E-state index contributed by atoms with van der Waals surface area (Å²) in [4.78, 5) is -0.321. The van der Waals surface area contributed by atoms with E-state index in [4.69, 9.17) is 0 Å². The van der Waals surface area contributed by atoms with E-state index < -0.39 is 10.1 Å².